The summed E-state index contributed by atoms with van der Waals surface area (Å²) in [6, 6.07) is 14.5. The molecular weight excluding hydrogens is 277 g/mol. The van der Waals surface area contributed by atoms with Crippen LogP contribution in [0, 0.1) is 5.82 Å². The highest BCUT2D eigenvalue weighted by Gasteiger charge is 2.05. The Labute approximate surface area is 125 Å². The first-order chi connectivity index (χ1) is 9.31. The highest BCUT2D eigenvalue weighted by molar-refractivity contribution is 5.85. The molecule has 2 nitrogen and oxygen atoms in total. The second-order valence-corrected chi connectivity index (χ2v) is 4.27. The van der Waals surface area contributed by atoms with Gasteiger partial charge in [-0.15, -0.1) is 12.4 Å². The zero-order valence-corrected chi connectivity index (χ0v) is 12.3. The predicted molar refractivity (Wildman–Crippen MR) is 81.8 cm³/mol. The number of ether oxygens (including phenoxy) is 1. The zero-order valence-electron chi connectivity index (χ0n) is 11.4. The lowest BCUT2D eigenvalue weighted by Gasteiger charge is -2.12. The first-order valence-electron chi connectivity index (χ1n) is 6.46. The summed E-state index contributed by atoms with van der Waals surface area (Å²) >= 11 is 0. The van der Waals surface area contributed by atoms with Gasteiger partial charge in [0.05, 0.1) is 0 Å². The summed E-state index contributed by atoms with van der Waals surface area (Å²) in [5.74, 6) is 0.568. The Bertz CT molecular complexity index is 533. The van der Waals surface area contributed by atoms with E-state index >= 15 is 0 Å². The van der Waals surface area contributed by atoms with Crippen molar-refractivity contribution in [1.82, 2.24) is 5.32 Å². The fourth-order valence-electron chi connectivity index (χ4n) is 1.82. The van der Waals surface area contributed by atoms with Crippen LogP contribution in [0.15, 0.2) is 48.5 Å². The molecule has 1 N–H and O–H groups in total. The van der Waals surface area contributed by atoms with Crippen LogP contribution in [0.3, 0.4) is 0 Å². The second-order valence-electron chi connectivity index (χ2n) is 4.27. The molecule has 2 aromatic carbocycles. The van der Waals surface area contributed by atoms with Gasteiger partial charge in [-0.1, -0.05) is 43.3 Å². The molecule has 108 valence electrons. The molecule has 0 aliphatic heterocycles. The van der Waals surface area contributed by atoms with Gasteiger partial charge in [0.25, 0.3) is 0 Å². The highest BCUT2D eigenvalue weighted by Crippen LogP contribution is 2.19. The maximum atomic E-state index is 13.5. The van der Waals surface area contributed by atoms with Gasteiger partial charge in [0.2, 0.25) is 0 Å². The normalized spacial score (nSPS) is 9.90. The average Bonchev–Trinajstić information content (AvgIpc) is 2.45. The highest BCUT2D eigenvalue weighted by atomic mass is 35.5. The summed E-state index contributed by atoms with van der Waals surface area (Å²) in [7, 11) is 0. The molecule has 4 heteroatoms. The van der Waals surface area contributed by atoms with E-state index < -0.39 is 0 Å². The maximum Gasteiger partial charge on any atom is 0.129 e. The Morgan fingerprint density at radius 3 is 2.35 bits per heavy atom. The smallest absolute Gasteiger partial charge is 0.129 e. The van der Waals surface area contributed by atoms with Crippen LogP contribution >= 0.6 is 12.4 Å². The van der Waals surface area contributed by atoms with Crippen molar-refractivity contribution >= 4 is 12.4 Å². The average molecular weight is 296 g/mol. The molecule has 20 heavy (non-hydrogen) atoms. The van der Waals surface area contributed by atoms with Gasteiger partial charge in [-0.25, -0.2) is 4.39 Å². The fourth-order valence-corrected chi connectivity index (χ4v) is 1.82. The SMILES string of the molecule is CCNCc1ccccc1OCc1ccccc1F.Cl. The molecule has 0 heterocycles. The minimum Gasteiger partial charge on any atom is -0.488 e. The number of benzene rings is 2. The third-order valence-electron chi connectivity index (χ3n) is 2.88. The molecule has 0 bridgehead atoms. The van der Waals surface area contributed by atoms with Crippen LogP contribution in [-0.2, 0) is 13.2 Å². The molecule has 2 rings (SSSR count). The molecule has 0 amide bonds. The molecule has 0 spiro atoms. The Balaban J connectivity index is 0.00000200. The molecule has 0 atom stereocenters. The molecule has 0 aromatic heterocycles. The number of hydrogen-bond acceptors (Lipinski definition) is 2. The Hall–Kier alpha value is -1.58. The largest absolute Gasteiger partial charge is 0.488 e. The molecule has 0 fully saturated rings. The summed E-state index contributed by atoms with van der Waals surface area (Å²) in [4.78, 5) is 0. The van der Waals surface area contributed by atoms with Gasteiger partial charge >= 0.3 is 0 Å². The lowest BCUT2D eigenvalue weighted by molar-refractivity contribution is 0.296. The summed E-state index contributed by atoms with van der Waals surface area (Å²) in [6.07, 6.45) is 0. The van der Waals surface area contributed by atoms with Crippen molar-refractivity contribution in [2.45, 2.75) is 20.1 Å². The van der Waals surface area contributed by atoms with Crippen LogP contribution in [-0.4, -0.2) is 6.54 Å². The molecule has 0 unspecified atom stereocenters. The van der Waals surface area contributed by atoms with Gasteiger partial charge in [-0.2, -0.15) is 0 Å². The van der Waals surface area contributed by atoms with E-state index in [9.17, 15) is 4.39 Å². The predicted octanol–water partition coefficient (Wildman–Crippen LogP) is 3.94. The van der Waals surface area contributed by atoms with Crippen LogP contribution in [0.2, 0.25) is 0 Å². The van der Waals surface area contributed by atoms with Crippen LogP contribution in [0.1, 0.15) is 18.1 Å². The van der Waals surface area contributed by atoms with Crippen molar-refractivity contribution in [3.8, 4) is 5.75 Å². The van der Waals surface area contributed by atoms with Crippen molar-refractivity contribution in [2.75, 3.05) is 6.54 Å². The lowest BCUT2D eigenvalue weighted by atomic mass is 10.2. The van der Waals surface area contributed by atoms with Crippen molar-refractivity contribution in [3.05, 3.63) is 65.5 Å². The molecule has 0 saturated heterocycles. The van der Waals surface area contributed by atoms with E-state index in [0.717, 1.165) is 24.4 Å². The molecule has 0 saturated carbocycles. The summed E-state index contributed by atoms with van der Waals surface area (Å²) in [5.41, 5.74) is 1.65. The van der Waals surface area contributed by atoms with E-state index in [0.29, 0.717) is 5.56 Å². The van der Waals surface area contributed by atoms with Crippen molar-refractivity contribution in [1.29, 1.82) is 0 Å². The number of nitrogens with one attached hydrogen (secondary N) is 1. The third-order valence-corrected chi connectivity index (χ3v) is 2.88. The number of hydrogen-bond donors (Lipinski definition) is 1. The van der Waals surface area contributed by atoms with Crippen LogP contribution in [0.5, 0.6) is 5.75 Å². The minimum atomic E-state index is -0.230. The van der Waals surface area contributed by atoms with Gasteiger partial charge in [0.1, 0.15) is 18.2 Å². The Morgan fingerprint density at radius 1 is 1.00 bits per heavy atom. The first kappa shape index (κ1) is 16.5. The first-order valence-corrected chi connectivity index (χ1v) is 6.46. The van der Waals surface area contributed by atoms with Gasteiger partial charge in [0.15, 0.2) is 0 Å². The van der Waals surface area contributed by atoms with Gasteiger partial charge in [-0.05, 0) is 18.7 Å². The molecular formula is C16H19ClFNO. The third kappa shape index (κ3) is 4.51. The second kappa shape index (κ2) is 8.56. The molecule has 0 aliphatic carbocycles. The van der Waals surface area contributed by atoms with Gasteiger partial charge < -0.3 is 10.1 Å². The lowest BCUT2D eigenvalue weighted by Crippen LogP contribution is -2.12. The van der Waals surface area contributed by atoms with E-state index in [1.165, 1.54) is 6.07 Å². The van der Waals surface area contributed by atoms with Crippen molar-refractivity contribution in [2.24, 2.45) is 0 Å². The summed E-state index contributed by atoms with van der Waals surface area (Å²) in [5, 5.41) is 3.26. The van der Waals surface area contributed by atoms with E-state index in [1.54, 1.807) is 12.1 Å². The van der Waals surface area contributed by atoms with E-state index in [4.69, 9.17) is 4.74 Å². The molecule has 0 aliphatic rings. The van der Waals surface area contributed by atoms with Crippen LogP contribution in [0.25, 0.3) is 0 Å². The monoisotopic (exact) mass is 295 g/mol. The number of para-hydroxylation sites is 1. The number of halogens is 2. The summed E-state index contributed by atoms with van der Waals surface area (Å²) in [6.45, 7) is 3.96. The maximum absolute atomic E-state index is 13.5. The van der Waals surface area contributed by atoms with E-state index in [2.05, 4.69) is 12.2 Å². The number of rotatable bonds is 6. The zero-order chi connectivity index (χ0) is 13.5. The topological polar surface area (TPSA) is 21.3 Å². The standard InChI is InChI=1S/C16H18FNO.ClH/c1-2-18-11-13-7-4-6-10-16(13)19-12-14-8-3-5-9-15(14)17;/h3-10,18H,2,11-12H2,1H3;1H. The molecule has 0 radical (unpaired) electrons. The molecule has 2 aromatic rings. The van der Waals surface area contributed by atoms with E-state index in [-0.39, 0.29) is 24.8 Å². The van der Waals surface area contributed by atoms with Crippen LogP contribution in [0.4, 0.5) is 4.39 Å². The van der Waals surface area contributed by atoms with Crippen LogP contribution < -0.4 is 10.1 Å². The van der Waals surface area contributed by atoms with Crippen molar-refractivity contribution in [3.63, 3.8) is 0 Å². The van der Waals surface area contributed by atoms with Gasteiger partial charge in [-0.3, -0.25) is 0 Å². The minimum absolute atomic E-state index is 0. The quantitative estimate of drug-likeness (QED) is 0.872. The Kier molecular flexibility index (Phi) is 7.05. The van der Waals surface area contributed by atoms with Gasteiger partial charge in [0, 0.05) is 17.7 Å². The van der Waals surface area contributed by atoms with Crippen molar-refractivity contribution < 1.29 is 9.13 Å². The van der Waals surface area contributed by atoms with E-state index in [1.807, 2.05) is 30.3 Å². The fraction of sp³-hybridized carbons (Fsp3) is 0.250. The Morgan fingerprint density at radius 2 is 1.65 bits per heavy atom. The summed E-state index contributed by atoms with van der Waals surface area (Å²) < 4.78 is 19.2.